The van der Waals surface area contributed by atoms with Crippen LogP contribution < -0.4 is 21.1 Å². The number of anilines is 1. The molecule has 0 aromatic carbocycles. The minimum absolute atomic E-state index is 0.245. The Morgan fingerprint density at radius 1 is 1.59 bits per heavy atom. The minimum Gasteiger partial charge on any atom is -0.493 e. The molecule has 0 saturated heterocycles. The highest BCUT2D eigenvalue weighted by molar-refractivity contribution is 5.92. The largest absolute Gasteiger partial charge is 0.493 e. The molecule has 0 unspecified atom stereocenters. The number of hydrogen-bond donors (Lipinski definition) is 3. The second-order valence-electron chi connectivity index (χ2n) is 3.14. The van der Waals surface area contributed by atoms with Crippen molar-refractivity contribution in [2.24, 2.45) is 5.73 Å². The number of amides is 1. The molecule has 1 rings (SSSR count). The summed E-state index contributed by atoms with van der Waals surface area (Å²) >= 11 is 0. The van der Waals surface area contributed by atoms with E-state index in [4.69, 9.17) is 10.5 Å². The lowest BCUT2D eigenvalue weighted by atomic mass is 10.3. The second-order valence-corrected chi connectivity index (χ2v) is 3.14. The van der Waals surface area contributed by atoms with Gasteiger partial charge in [-0.3, -0.25) is 4.79 Å². The number of hydrogen-bond acceptors (Lipinski definition) is 5. The number of ether oxygens (including phenoxy) is 1. The highest BCUT2D eigenvalue weighted by atomic mass is 16.5. The van der Waals surface area contributed by atoms with Crippen LogP contribution in [0.3, 0.4) is 0 Å². The monoisotopic (exact) mass is 236 g/mol. The maximum absolute atomic E-state index is 11.4. The van der Waals surface area contributed by atoms with Crippen molar-refractivity contribution in [1.82, 2.24) is 10.3 Å². The Labute approximate surface area is 99.9 Å². The Kier molecular flexibility index (Phi) is 4.80. The highest BCUT2D eigenvalue weighted by Crippen LogP contribution is 2.21. The molecular weight excluding hydrogens is 220 g/mol. The summed E-state index contributed by atoms with van der Waals surface area (Å²) in [5, 5.41) is 5.51. The molecule has 6 heteroatoms. The molecule has 0 bridgehead atoms. The number of methoxy groups -OCH3 is 1. The van der Waals surface area contributed by atoms with Gasteiger partial charge in [0.05, 0.1) is 7.11 Å². The topological polar surface area (TPSA) is 89.3 Å². The molecule has 0 aliphatic rings. The summed E-state index contributed by atoms with van der Waals surface area (Å²) in [4.78, 5) is 15.6. The summed E-state index contributed by atoms with van der Waals surface area (Å²) in [5.74, 6) is 0.833. The van der Waals surface area contributed by atoms with Crippen LogP contribution in [0.25, 0.3) is 0 Å². The molecule has 1 amide bonds. The Hall–Kier alpha value is -2.24. The van der Waals surface area contributed by atoms with Crippen LogP contribution in [0.5, 0.6) is 5.75 Å². The van der Waals surface area contributed by atoms with Crippen molar-refractivity contribution in [3.05, 3.63) is 30.1 Å². The van der Waals surface area contributed by atoms with Gasteiger partial charge in [0.15, 0.2) is 11.6 Å². The smallest absolute Gasteiger partial charge is 0.269 e. The number of aromatic nitrogens is 1. The molecule has 0 atom stereocenters. The molecule has 6 nitrogen and oxygen atoms in total. The number of pyridine rings is 1. The summed E-state index contributed by atoms with van der Waals surface area (Å²) in [6, 6.07) is 3.29. The average Bonchev–Trinajstić information content (AvgIpc) is 2.38. The normalized spacial score (nSPS) is 10.2. The molecule has 0 radical (unpaired) electrons. The zero-order valence-corrected chi connectivity index (χ0v) is 9.86. The van der Waals surface area contributed by atoms with Gasteiger partial charge in [-0.2, -0.15) is 0 Å². The van der Waals surface area contributed by atoms with Crippen LogP contribution in [-0.4, -0.2) is 31.6 Å². The van der Waals surface area contributed by atoms with Gasteiger partial charge < -0.3 is 21.1 Å². The van der Waals surface area contributed by atoms with E-state index in [1.807, 2.05) is 0 Å². The molecule has 0 fully saturated rings. The first-order chi connectivity index (χ1) is 8.22. The Morgan fingerprint density at radius 3 is 2.94 bits per heavy atom. The van der Waals surface area contributed by atoms with E-state index in [2.05, 4.69) is 15.6 Å². The molecule has 1 aromatic heterocycles. The third kappa shape index (κ3) is 3.37. The van der Waals surface area contributed by atoms with Gasteiger partial charge in [-0.1, -0.05) is 0 Å². The number of nitrogens with one attached hydrogen (secondary N) is 2. The lowest BCUT2D eigenvalue weighted by Crippen LogP contribution is -2.20. The first kappa shape index (κ1) is 12.8. The summed E-state index contributed by atoms with van der Waals surface area (Å²) in [6.07, 6.45) is 3.16. The van der Waals surface area contributed by atoms with Crippen LogP contribution >= 0.6 is 0 Å². The van der Waals surface area contributed by atoms with Gasteiger partial charge in [-0.05, 0) is 24.4 Å². The maximum Gasteiger partial charge on any atom is 0.269 e. The van der Waals surface area contributed by atoms with E-state index in [-0.39, 0.29) is 5.91 Å². The summed E-state index contributed by atoms with van der Waals surface area (Å²) < 4.78 is 5.13. The first-order valence-corrected chi connectivity index (χ1v) is 5.10. The van der Waals surface area contributed by atoms with E-state index in [0.29, 0.717) is 23.8 Å². The van der Waals surface area contributed by atoms with E-state index in [0.717, 1.165) is 0 Å². The van der Waals surface area contributed by atoms with E-state index < -0.39 is 0 Å². The number of carbonyl (C=O) groups is 1. The lowest BCUT2D eigenvalue weighted by molar-refractivity contribution is 0.0958. The zero-order valence-electron chi connectivity index (χ0n) is 9.86. The van der Waals surface area contributed by atoms with Crippen LogP contribution in [-0.2, 0) is 0 Å². The van der Waals surface area contributed by atoms with Crippen molar-refractivity contribution in [3.63, 3.8) is 0 Å². The molecule has 1 heterocycles. The highest BCUT2D eigenvalue weighted by Gasteiger charge is 2.09. The van der Waals surface area contributed by atoms with Crippen molar-refractivity contribution in [3.8, 4) is 5.75 Å². The van der Waals surface area contributed by atoms with Crippen LogP contribution in [0.1, 0.15) is 10.5 Å². The molecule has 0 spiro atoms. The SMILES string of the molecule is CNC(=O)c1ccc(OC)c(NC/C=C/N)n1. The third-order valence-electron chi connectivity index (χ3n) is 2.06. The molecule has 0 aliphatic carbocycles. The fourth-order valence-corrected chi connectivity index (χ4v) is 1.22. The van der Waals surface area contributed by atoms with Gasteiger partial charge in [0, 0.05) is 13.6 Å². The van der Waals surface area contributed by atoms with Crippen molar-refractivity contribution < 1.29 is 9.53 Å². The van der Waals surface area contributed by atoms with Gasteiger partial charge in [-0.25, -0.2) is 4.98 Å². The summed E-state index contributed by atoms with van der Waals surface area (Å²) in [5.41, 5.74) is 5.55. The molecule has 1 aromatic rings. The standard InChI is InChI=1S/C11H16N4O2/c1-13-11(16)8-4-5-9(17-2)10(15-8)14-7-3-6-12/h3-6H,7,12H2,1-2H3,(H,13,16)(H,14,15)/b6-3+. The quantitative estimate of drug-likeness (QED) is 0.685. The number of carbonyl (C=O) groups excluding carboxylic acids is 1. The average molecular weight is 236 g/mol. The van der Waals surface area contributed by atoms with Crippen LogP contribution in [0.15, 0.2) is 24.4 Å². The van der Waals surface area contributed by atoms with Crippen molar-refractivity contribution >= 4 is 11.7 Å². The maximum atomic E-state index is 11.4. The van der Waals surface area contributed by atoms with Gasteiger partial charge in [-0.15, -0.1) is 0 Å². The molecule has 0 saturated carbocycles. The van der Waals surface area contributed by atoms with Gasteiger partial charge in [0.25, 0.3) is 5.91 Å². The van der Waals surface area contributed by atoms with Gasteiger partial charge in [0.2, 0.25) is 0 Å². The number of rotatable bonds is 5. The Morgan fingerprint density at radius 2 is 2.35 bits per heavy atom. The van der Waals surface area contributed by atoms with E-state index in [9.17, 15) is 4.79 Å². The minimum atomic E-state index is -0.245. The molecular formula is C11H16N4O2. The van der Waals surface area contributed by atoms with Crippen molar-refractivity contribution in [2.45, 2.75) is 0 Å². The third-order valence-corrected chi connectivity index (χ3v) is 2.06. The molecule has 0 aliphatic heterocycles. The van der Waals surface area contributed by atoms with Crippen LogP contribution in [0, 0.1) is 0 Å². The Bertz CT molecular complexity index is 418. The van der Waals surface area contributed by atoms with Crippen LogP contribution in [0.2, 0.25) is 0 Å². The Balaban J connectivity index is 2.93. The fourth-order valence-electron chi connectivity index (χ4n) is 1.22. The van der Waals surface area contributed by atoms with Crippen molar-refractivity contribution in [2.75, 3.05) is 26.0 Å². The van der Waals surface area contributed by atoms with Gasteiger partial charge in [0.1, 0.15) is 5.69 Å². The zero-order chi connectivity index (χ0) is 12.7. The van der Waals surface area contributed by atoms with Crippen LogP contribution in [0.4, 0.5) is 5.82 Å². The van der Waals surface area contributed by atoms with E-state index >= 15 is 0 Å². The molecule has 17 heavy (non-hydrogen) atoms. The molecule has 92 valence electrons. The summed E-state index contributed by atoms with van der Waals surface area (Å²) in [7, 11) is 3.10. The molecule has 4 N–H and O–H groups in total. The fraction of sp³-hybridized carbons (Fsp3) is 0.273. The first-order valence-electron chi connectivity index (χ1n) is 5.10. The predicted octanol–water partition coefficient (Wildman–Crippen LogP) is 0.334. The number of nitrogens with two attached hydrogens (primary N) is 1. The second kappa shape index (κ2) is 6.37. The summed E-state index contributed by atoms with van der Waals surface area (Å²) in [6.45, 7) is 0.511. The van der Waals surface area contributed by atoms with Crippen molar-refractivity contribution in [1.29, 1.82) is 0 Å². The van der Waals surface area contributed by atoms with E-state index in [1.54, 1.807) is 32.4 Å². The van der Waals surface area contributed by atoms with Gasteiger partial charge >= 0.3 is 0 Å². The lowest BCUT2D eigenvalue weighted by Gasteiger charge is -2.09. The number of nitrogens with zero attached hydrogens (tertiary/aromatic N) is 1. The van der Waals surface area contributed by atoms with E-state index in [1.165, 1.54) is 6.20 Å². The predicted molar refractivity (Wildman–Crippen MR) is 66.0 cm³/mol.